The van der Waals surface area contributed by atoms with Crippen molar-refractivity contribution in [2.24, 2.45) is 5.73 Å². The van der Waals surface area contributed by atoms with Gasteiger partial charge in [-0.25, -0.2) is 4.98 Å². The standard InChI is InChI=1S/C10H16N2O/c11-7-6-10-12-8-4-2-1-3-5-9(8)13-10/h1-7,11H2. The second-order valence-electron chi connectivity index (χ2n) is 3.58. The molecular weight excluding hydrogens is 164 g/mol. The zero-order chi connectivity index (χ0) is 9.10. The minimum Gasteiger partial charge on any atom is -0.445 e. The van der Waals surface area contributed by atoms with Crippen molar-refractivity contribution in [1.29, 1.82) is 0 Å². The Labute approximate surface area is 78.3 Å². The fraction of sp³-hybridized carbons (Fsp3) is 0.700. The summed E-state index contributed by atoms with van der Waals surface area (Å²) in [6, 6.07) is 0. The van der Waals surface area contributed by atoms with E-state index in [2.05, 4.69) is 4.98 Å². The molecule has 3 nitrogen and oxygen atoms in total. The summed E-state index contributed by atoms with van der Waals surface area (Å²) in [6.45, 7) is 0.624. The summed E-state index contributed by atoms with van der Waals surface area (Å²) in [5, 5.41) is 0. The van der Waals surface area contributed by atoms with Crippen molar-refractivity contribution in [1.82, 2.24) is 4.98 Å². The van der Waals surface area contributed by atoms with E-state index in [0.717, 1.165) is 30.9 Å². The van der Waals surface area contributed by atoms with Crippen LogP contribution < -0.4 is 5.73 Å². The van der Waals surface area contributed by atoms with Crippen LogP contribution in [0.15, 0.2) is 4.42 Å². The lowest BCUT2D eigenvalue weighted by molar-refractivity contribution is 0.451. The van der Waals surface area contributed by atoms with Gasteiger partial charge >= 0.3 is 0 Å². The number of hydrogen-bond acceptors (Lipinski definition) is 3. The molecule has 2 N–H and O–H groups in total. The third-order valence-corrected chi connectivity index (χ3v) is 2.50. The van der Waals surface area contributed by atoms with Gasteiger partial charge in [-0.3, -0.25) is 0 Å². The van der Waals surface area contributed by atoms with E-state index in [1.54, 1.807) is 0 Å². The Hall–Kier alpha value is -0.830. The second-order valence-corrected chi connectivity index (χ2v) is 3.58. The highest BCUT2D eigenvalue weighted by Crippen LogP contribution is 2.21. The Bertz CT molecular complexity index is 257. The van der Waals surface area contributed by atoms with Gasteiger partial charge in [-0.2, -0.15) is 0 Å². The number of fused-ring (bicyclic) bond motifs is 1. The predicted molar refractivity (Wildman–Crippen MR) is 50.5 cm³/mol. The first-order valence-electron chi connectivity index (χ1n) is 5.07. The maximum absolute atomic E-state index is 5.64. The van der Waals surface area contributed by atoms with Crippen LogP contribution >= 0.6 is 0 Å². The van der Waals surface area contributed by atoms with E-state index in [1.165, 1.54) is 25.0 Å². The molecule has 0 fully saturated rings. The minimum absolute atomic E-state index is 0.624. The zero-order valence-corrected chi connectivity index (χ0v) is 7.88. The first-order chi connectivity index (χ1) is 6.40. The highest BCUT2D eigenvalue weighted by molar-refractivity contribution is 5.12. The molecule has 13 heavy (non-hydrogen) atoms. The summed E-state index contributed by atoms with van der Waals surface area (Å²) in [4.78, 5) is 4.45. The molecule has 1 heterocycles. The van der Waals surface area contributed by atoms with Crippen molar-refractivity contribution >= 4 is 0 Å². The van der Waals surface area contributed by atoms with Gasteiger partial charge in [0.1, 0.15) is 5.76 Å². The van der Waals surface area contributed by atoms with Crippen molar-refractivity contribution < 1.29 is 4.42 Å². The summed E-state index contributed by atoms with van der Waals surface area (Å²) < 4.78 is 5.64. The summed E-state index contributed by atoms with van der Waals surface area (Å²) in [5.41, 5.74) is 6.63. The lowest BCUT2D eigenvalue weighted by Gasteiger charge is -1.92. The van der Waals surface area contributed by atoms with Gasteiger partial charge < -0.3 is 10.2 Å². The van der Waals surface area contributed by atoms with E-state index in [1.807, 2.05) is 0 Å². The smallest absolute Gasteiger partial charge is 0.195 e. The highest BCUT2D eigenvalue weighted by Gasteiger charge is 2.14. The summed E-state index contributed by atoms with van der Waals surface area (Å²) in [6.07, 6.45) is 6.72. The zero-order valence-electron chi connectivity index (χ0n) is 7.88. The summed E-state index contributed by atoms with van der Waals surface area (Å²) in [7, 11) is 0. The molecule has 1 aromatic rings. The number of hydrogen-bond donors (Lipinski definition) is 1. The monoisotopic (exact) mass is 180 g/mol. The average Bonchev–Trinajstić information content (AvgIpc) is 2.37. The van der Waals surface area contributed by atoms with Crippen LogP contribution in [-0.2, 0) is 19.3 Å². The average molecular weight is 180 g/mol. The van der Waals surface area contributed by atoms with Crippen molar-refractivity contribution in [2.45, 2.75) is 38.5 Å². The number of oxazole rings is 1. The van der Waals surface area contributed by atoms with Crippen LogP contribution in [0.4, 0.5) is 0 Å². The predicted octanol–water partition coefficient (Wildman–Crippen LogP) is 1.44. The highest BCUT2D eigenvalue weighted by atomic mass is 16.4. The number of rotatable bonds is 2. The number of aromatic nitrogens is 1. The molecule has 0 bridgehead atoms. The van der Waals surface area contributed by atoms with E-state index in [-0.39, 0.29) is 0 Å². The molecule has 1 aromatic heterocycles. The minimum atomic E-state index is 0.624. The Kier molecular flexibility index (Phi) is 2.64. The Balaban J connectivity index is 2.17. The van der Waals surface area contributed by atoms with Gasteiger partial charge in [0.15, 0.2) is 5.89 Å². The number of aryl methyl sites for hydroxylation is 2. The molecule has 0 saturated heterocycles. The molecule has 0 radical (unpaired) electrons. The van der Waals surface area contributed by atoms with Crippen molar-refractivity contribution in [3.05, 3.63) is 17.3 Å². The largest absolute Gasteiger partial charge is 0.445 e. The lowest BCUT2D eigenvalue weighted by atomic mass is 10.2. The van der Waals surface area contributed by atoms with Crippen molar-refractivity contribution in [2.75, 3.05) is 6.54 Å². The van der Waals surface area contributed by atoms with Crippen LogP contribution in [0.25, 0.3) is 0 Å². The molecule has 0 amide bonds. The maximum atomic E-state index is 5.64. The Morgan fingerprint density at radius 3 is 2.92 bits per heavy atom. The fourth-order valence-electron chi connectivity index (χ4n) is 1.81. The van der Waals surface area contributed by atoms with Crippen LogP contribution in [-0.4, -0.2) is 11.5 Å². The van der Waals surface area contributed by atoms with Crippen LogP contribution in [0.5, 0.6) is 0 Å². The number of nitrogens with two attached hydrogens (primary N) is 1. The van der Waals surface area contributed by atoms with Gasteiger partial charge in [0.2, 0.25) is 0 Å². The second kappa shape index (κ2) is 3.92. The molecular formula is C10H16N2O. The van der Waals surface area contributed by atoms with E-state index < -0.39 is 0 Å². The number of nitrogens with zero attached hydrogens (tertiary/aromatic N) is 1. The third kappa shape index (κ3) is 1.91. The molecule has 72 valence electrons. The summed E-state index contributed by atoms with van der Waals surface area (Å²) >= 11 is 0. The molecule has 0 atom stereocenters. The Morgan fingerprint density at radius 1 is 1.23 bits per heavy atom. The van der Waals surface area contributed by atoms with E-state index in [4.69, 9.17) is 10.2 Å². The van der Waals surface area contributed by atoms with Crippen molar-refractivity contribution in [3.8, 4) is 0 Å². The molecule has 3 heteroatoms. The fourth-order valence-corrected chi connectivity index (χ4v) is 1.81. The lowest BCUT2D eigenvalue weighted by Crippen LogP contribution is -2.02. The third-order valence-electron chi connectivity index (χ3n) is 2.50. The summed E-state index contributed by atoms with van der Waals surface area (Å²) in [5.74, 6) is 1.94. The van der Waals surface area contributed by atoms with Gasteiger partial charge in [-0.1, -0.05) is 6.42 Å². The van der Waals surface area contributed by atoms with Crippen molar-refractivity contribution in [3.63, 3.8) is 0 Å². The van der Waals surface area contributed by atoms with E-state index in [9.17, 15) is 0 Å². The molecule has 0 spiro atoms. The molecule has 0 unspecified atom stereocenters. The van der Waals surface area contributed by atoms with Gasteiger partial charge in [-0.15, -0.1) is 0 Å². The van der Waals surface area contributed by atoms with Crippen LogP contribution in [0, 0.1) is 0 Å². The molecule has 0 saturated carbocycles. The normalized spacial score (nSPS) is 16.7. The molecule has 1 aliphatic rings. The molecule has 1 aliphatic carbocycles. The maximum Gasteiger partial charge on any atom is 0.195 e. The molecule has 0 aliphatic heterocycles. The quantitative estimate of drug-likeness (QED) is 0.701. The SMILES string of the molecule is NCCc1nc2c(o1)CCCCC2. The van der Waals surface area contributed by atoms with Gasteiger partial charge in [-0.05, 0) is 19.3 Å². The van der Waals surface area contributed by atoms with Crippen LogP contribution in [0.2, 0.25) is 0 Å². The first kappa shape index (κ1) is 8.75. The first-order valence-corrected chi connectivity index (χ1v) is 5.07. The van der Waals surface area contributed by atoms with Crippen LogP contribution in [0.3, 0.4) is 0 Å². The Morgan fingerprint density at radius 2 is 2.08 bits per heavy atom. The topological polar surface area (TPSA) is 52.0 Å². The van der Waals surface area contributed by atoms with Gasteiger partial charge in [0.25, 0.3) is 0 Å². The molecule has 2 rings (SSSR count). The van der Waals surface area contributed by atoms with Gasteiger partial charge in [0, 0.05) is 19.4 Å². The van der Waals surface area contributed by atoms with Crippen LogP contribution in [0.1, 0.15) is 36.6 Å². The molecule has 0 aromatic carbocycles. The van der Waals surface area contributed by atoms with E-state index in [0.29, 0.717) is 6.54 Å². The van der Waals surface area contributed by atoms with E-state index >= 15 is 0 Å². The van der Waals surface area contributed by atoms with Gasteiger partial charge in [0.05, 0.1) is 5.69 Å².